The van der Waals surface area contributed by atoms with Crippen LogP contribution in [0.1, 0.15) is 12.5 Å². The first-order valence-electron chi connectivity index (χ1n) is 5.64. The molecule has 3 N–H and O–H groups in total. The molecule has 1 aromatic carbocycles. The van der Waals surface area contributed by atoms with E-state index in [9.17, 15) is 4.79 Å². The Kier molecular flexibility index (Phi) is 5.85. The van der Waals surface area contributed by atoms with Crippen molar-refractivity contribution in [3.8, 4) is 5.75 Å². The third-order valence-electron chi connectivity index (χ3n) is 2.34. The van der Waals surface area contributed by atoms with Crippen LogP contribution in [-0.2, 0) is 4.79 Å². The van der Waals surface area contributed by atoms with Gasteiger partial charge in [-0.3, -0.25) is 15.6 Å². The first-order valence-corrected chi connectivity index (χ1v) is 6.43. The lowest BCUT2D eigenvalue weighted by Gasteiger charge is -2.16. The highest BCUT2D eigenvalue weighted by molar-refractivity contribution is 7.80. The lowest BCUT2D eigenvalue weighted by molar-refractivity contribution is -0.127. The number of ether oxygens (including phenoxy) is 1. The van der Waals surface area contributed by atoms with Crippen LogP contribution in [0.25, 0.3) is 0 Å². The molecule has 0 spiro atoms. The minimum atomic E-state index is -0.660. The van der Waals surface area contributed by atoms with Gasteiger partial charge in [0.05, 0.1) is 0 Å². The highest BCUT2D eigenvalue weighted by Gasteiger charge is 2.14. The Balaban J connectivity index is 2.53. The molecule has 0 heterocycles. The number of carbonyl (C=O) groups excluding carboxylic acids is 1. The van der Waals surface area contributed by atoms with E-state index in [4.69, 9.17) is 28.6 Å². The van der Waals surface area contributed by atoms with Crippen molar-refractivity contribution in [1.29, 1.82) is 0 Å². The number of thiocarbonyl (C=S) groups is 1. The number of amides is 1. The quantitative estimate of drug-likeness (QED) is 0.584. The minimum Gasteiger partial charge on any atom is -0.481 e. The topological polar surface area (TPSA) is 62.4 Å². The second kappa shape index (κ2) is 7.16. The average molecular weight is 302 g/mol. The van der Waals surface area contributed by atoms with E-state index in [1.807, 2.05) is 6.92 Å². The van der Waals surface area contributed by atoms with Gasteiger partial charge in [0.25, 0.3) is 5.91 Å². The van der Waals surface area contributed by atoms with Crippen LogP contribution in [0.15, 0.2) is 18.2 Å². The van der Waals surface area contributed by atoms with Gasteiger partial charge in [-0.1, -0.05) is 11.6 Å². The molecule has 0 aromatic heterocycles. The first-order chi connectivity index (χ1) is 8.93. The highest BCUT2D eigenvalue weighted by atomic mass is 35.5. The Hall–Kier alpha value is -1.53. The van der Waals surface area contributed by atoms with Crippen molar-refractivity contribution in [2.75, 3.05) is 7.05 Å². The van der Waals surface area contributed by atoms with Crippen LogP contribution in [0.4, 0.5) is 0 Å². The lowest BCUT2D eigenvalue weighted by atomic mass is 10.2. The smallest absolute Gasteiger partial charge is 0.279 e. The number of benzene rings is 1. The Morgan fingerprint density at radius 1 is 1.42 bits per heavy atom. The third kappa shape index (κ3) is 4.92. The Morgan fingerprint density at radius 2 is 2.11 bits per heavy atom. The molecule has 1 amide bonds. The molecule has 0 aliphatic rings. The van der Waals surface area contributed by atoms with Gasteiger partial charge in [-0.15, -0.1) is 0 Å². The molecule has 19 heavy (non-hydrogen) atoms. The van der Waals surface area contributed by atoms with Crippen LogP contribution in [0, 0.1) is 6.92 Å². The maximum absolute atomic E-state index is 11.7. The van der Waals surface area contributed by atoms with Crippen LogP contribution in [0.3, 0.4) is 0 Å². The zero-order valence-electron chi connectivity index (χ0n) is 10.9. The fraction of sp³-hybridized carbons (Fsp3) is 0.333. The highest BCUT2D eigenvalue weighted by Crippen LogP contribution is 2.21. The molecule has 104 valence electrons. The van der Waals surface area contributed by atoms with E-state index >= 15 is 0 Å². The van der Waals surface area contributed by atoms with E-state index in [1.54, 1.807) is 32.2 Å². The maximum Gasteiger partial charge on any atom is 0.279 e. The number of aryl methyl sites for hydroxylation is 1. The van der Waals surface area contributed by atoms with E-state index in [0.29, 0.717) is 15.9 Å². The van der Waals surface area contributed by atoms with Crippen molar-refractivity contribution < 1.29 is 9.53 Å². The van der Waals surface area contributed by atoms with Crippen molar-refractivity contribution in [2.45, 2.75) is 20.0 Å². The summed E-state index contributed by atoms with van der Waals surface area (Å²) in [6, 6.07) is 5.22. The van der Waals surface area contributed by atoms with Crippen molar-refractivity contribution in [3.05, 3.63) is 28.8 Å². The molecule has 0 bridgehead atoms. The molecule has 0 aliphatic carbocycles. The van der Waals surface area contributed by atoms with Gasteiger partial charge in [0.15, 0.2) is 11.2 Å². The molecule has 0 radical (unpaired) electrons. The van der Waals surface area contributed by atoms with Gasteiger partial charge in [0, 0.05) is 12.1 Å². The second-order valence-corrected chi connectivity index (χ2v) is 4.68. The molecule has 0 aliphatic heterocycles. The first kappa shape index (κ1) is 15.5. The molecule has 0 saturated carbocycles. The fourth-order valence-corrected chi connectivity index (χ4v) is 1.40. The van der Waals surface area contributed by atoms with Gasteiger partial charge >= 0.3 is 0 Å². The number of hydrogen-bond acceptors (Lipinski definition) is 3. The van der Waals surface area contributed by atoms with E-state index in [1.165, 1.54) is 0 Å². The second-order valence-electron chi connectivity index (χ2n) is 3.86. The number of hydrazine groups is 1. The fourth-order valence-electron chi connectivity index (χ4n) is 1.23. The summed E-state index contributed by atoms with van der Waals surface area (Å²) in [7, 11) is 1.65. The standard InChI is InChI=1S/C12H16ClN3O2S/c1-7-6-9(4-5-10(7)13)18-8(2)11(17)15-16-12(19)14-3/h4-6,8H,1-3H3,(H,15,17)(H2,14,16,19)/t8-/m0/s1. The predicted octanol–water partition coefficient (Wildman–Crippen LogP) is 1.54. The minimum absolute atomic E-state index is 0.322. The molecular formula is C12H16ClN3O2S. The van der Waals surface area contributed by atoms with Crippen molar-refractivity contribution in [3.63, 3.8) is 0 Å². The molecule has 1 atom stereocenters. The molecule has 0 saturated heterocycles. The van der Waals surface area contributed by atoms with Crippen molar-refractivity contribution in [2.24, 2.45) is 0 Å². The largest absolute Gasteiger partial charge is 0.481 e. The Bertz CT molecular complexity index is 482. The van der Waals surface area contributed by atoms with E-state index in [-0.39, 0.29) is 5.91 Å². The monoisotopic (exact) mass is 301 g/mol. The molecule has 7 heteroatoms. The predicted molar refractivity (Wildman–Crippen MR) is 79.2 cm³/mol. The van der Waals surface area contributed by atoms with Gasteiger partial charge in [-0.25, -0.2) is 0 Å². The number of halogens is 1. The van der Waals surface area contributed by atoms with Crippen LogP contribution < -0.4 is 20.9 Å². The van der Waals surface area contributed by atoms with Gasteiger partial charge in [0.2, 0.25) is 0 Å². The molecule has 0 fully saturated rings. The molecule has 1 rings (SSSR count). The Morgan fingerprint density at radius 3 is 2.68 bits per heavy atom. The van der Waals surface area contributed by atoms with Gasteiger partial charge in [0.1, 0.15) is 5.75 Å². The van der Waals surface area contributed by atoms with Crippen LogP contribution in [0.2, 0.25) is 5.02 Å². The normalized spacial score (nSPS) is 11.4. The molecule has 5 nitrogen and oxygen atoms in total. The third-order valence-corrected chi connectivity index (χ3v) is 3.07. The lowest BCUT2D eigenvalue weighted by Crippen LogP contribution is -2.49. The van der Waals surface area contributed by atoms with E-state index < -0.39 is 6.10 Å². The van der Waals surface area contributed by atoms with Crippen molar-refractivity contribution in [1.82, 2.24) is 16.2 Å². The van der Waals surface area contributed by atoms with Gasteiger partial charge in [-0.2, -0.15) is 0 Å². The average Bonchev–Trinajstić information content (AvgIpc) is 2.39. The van der Waals surface area contributed by atoms with Gasteiger partial charge < -0.3 is 10.1 Å². The summed E-state index contributed by atoms with van der Waals surface area (Å²) < 4.78 is 5.50. The Labute approximate surface area is 122 Å². The van der Waals surface area contributed by atoms with E-state index in [0.717, 1.165) is 5.56 Å². The molecule has 0 unspecified atom stereocenters. The summed E-state index contributed by atoms with van der Waals surface area (Å²) in [5.74, 6) is 0.256. The number of nitrogens with one attached hydrogen (secondary N) is 3. The van der Waals surface area contributed by atoms with Crippen molar-refractivity contribution >= 4 is 34.8 Å². The number of carbonyl (C=O) groups is 1. The molecular weight excluding hydrogens is 286 g/mol. The number of hydrogen-bond donors (Lipinski definition) is 3. The maximum atomic E-state index is 11.7. The summed E-state index contributed by atoms with van der Waals surface area (Å²) in [6.07, 6.45) is -0.660. The summed E-state index contributed by atoms with van der Waals surface area (Å²) in [5, 5.41) is 3.65. The van der Waals surface area contributed by atoms with Crippen LogP contribution in [-0.4, -0.2) is 24.2 Å². The number of rotatable bonds is 3. The SMILES string of the molecule is CNC(=S)NNC(=O)[C@H](C)Oc1ccc(Cl)c(C)c1. The molecule has 1 aromatic rings. The summed E-state index contributed by atoms with van der Waals surface area (Å²) in [4.78, 5) is 11.7. The summed E-state index contributed by atoms with van der Waals surface area (Å²) in [6.45, 7) is 3.51. The summed E-state index contributed by atoms with van der Waals surface area (Å²) >= 11 is 10.7. The van der Waals surface area contributed by atoms with Crippen LogP contribution >= 0.6 is 23.8 Å². The zero-order chi connectivity index (χ0) is 14.4. The van der Waals surface area contributed by atoms with Crippen LogP contribution in [0.5, 0.6) is 5.75 Å². The van der Waals surface area contributed by atoms with Gasteiger partial charge in [-0.05, 0) is 49.8 Å². The zero-order valence-corrected chi connectivity index (χ0v) is 12.5. The van der Waals surface area contributed by atoms with E-state index in [2.05, 4.69) is 16.2 Å². The summed E-state index contributed by atoms with van der Waals surface area (Å²) in [5.41, 5.74) is 5.86.